The first-order valence-electron chi connectivity index (χ1n) is 7.20. The van der Waals surface area contributed by atoms with E-state index in [0.717, 1.165) is 25.9 Å². The number of anilines is 3. The summed E-state index contributed by atoms with van der Waals surface area (Å²) in [5, 5.41) is 13.3. The fourth-order valence-electron chi connectivity index (χ4n) is 2.55. The van der Waals surface area contributed by atoms with Crippen LogP contribution in [0.4, 0.5) is 17.8 Å². The molecule has 0 amide bonds. The van der Waals surface area contributed by atoms with Crippen LogP contribution in [0, 0.1) is 0 Å². The van der Waals surface area contributed by atoms with Crippen LogP contribution in [-0.4, -0.2) is 58.5 Å². The van der Waals surface area contributed by atoms with Crippen LogP contribution in [0.3, 0.4) is 0 Å². The topological polar surface area (TPSA) is 121 Å². The highest BCUT2D eigenvalue weighted by atomic mass is 16.5. The molecule has 2 fully saturated rings. The third-order valence-corrected chi connectivity index (χ3v) is 3.80. The molecule has 0 bridgehead atoms. The first kappa shape index (κ1) is 14.2. The number of hydrazine groups is 1. The van der Waals surface area contributed by atoms with Gasteiger partial charge in [-0.05, 0) is 12.8 Å². The zero-order chi connectivity index (χ0) is 14.7. The van der Waals surface area contributed by atoms with Crippen LogP contribution in [0.25, 0.3) is 0 Å². The maximum absolute atomic E-state index is 10.3. The number of nitrogens with one attached hydrogen (secondary N) is 2. The Kier molecular flexibility index (Phi) is 4.04. The quantitative estimate of drug-likeness (QED) is 0.413. The van der Waals surface area contributed by atoms with E-state index in [4.69, 9.17) is 10.6 Å². The molecule has 1 unspecified atom stereocenters. The van der Waals surface area contributed by atoms with Gasteiger partial charge in [0.2, 0.25) is 17.8 Å². The third kappa shape index (κ3) is 3.31. The van der Waals surface area contributed by atoms with Gasteiger partial charge >= 0.3 is 0 Å². The molecule has 0 aromatic carbocycles. The number of rotatable bonds is 5. The normalized spacial score (nSPS) is 25.3. The number of nitrogens with two attached hydrogens (primary N) is 1. The fraction of sp³-hybridized carbons (Fsp3) is 0.750. The van der Waals surface area contributed by atoms with Gasteiger partial charge in [-0.2, -0.15) is 15.0 Å². The zero-order valence-electron chi connectivity index (χ0n) is 11.9. The van der Waals surface area contributed by atoms with E-state index < -0.39 is 5.60 Å². The second-order valence-electron chi connectivity index (χ2n) is 5.50. The first-order valence-corrected chi connectivity index (χ1v) is 7.20. The zero-order valence-corrected chi connectivity index (χ0v) is 11.9. The number of ether oxygens (including phenoxy) is 1. The molecular formula is C12H21N7O2. The lowest BCUT2D eigenvalue weighted by molar-refractivity contribution is 0.0380. The Morgan fingerprint density at radius 2 is 2.00 bits per heavy atom. The van der Waals surface area contributed by atoms with Crippen LogP contribution < -0.4 is 21.5 Å². The number of nitrogens with zero attached hydrogens (tertiary/aromatic N) is 4. The van der Waals surface area contributed by atoms with Crippen molar-refractivity contribution in [2.75, 3.05) is 48.5 Å². The molecule has 2 aliphatic rings. The van der Waals surface area contributed by atoms with Crippen molar-refractivity contribution in [3.8, 4) is 0 Å². The summed E-state index contributed by atoms with van der Waals surface area (Å²) in [6.07, 6.45) is 2.87. The second kappa shape index (κ2) is 5.96. The minimum Gasteiger partial charge on any atom is -0.386 e. The molecule has 9 nitrogen and oxygen atoms in total. The molecule has 3 rings (SSSR count). The van der Waals surface area contributed by atoms with E-state index in [-0.39, 0.29) is 0 Å². The molecule has 3 heterocycles. The van der Waals surface area contributed by atoms with Gasteiger partial charge < -0.3 is 20.1 Å². The monoisotopic (exact) mass is 295 g/mol. The van der Waals surface area contributed by atoms with Gasteiger partial charge in [0, 0.05) is 32.7 Å². The summed E-state index contributed by atoms with van der Waals surface area (Å²) in [4.78, 5) is 14.9. The number of nitrogen functional groups attached to an aromatic ring is 1. The molecule has 0 saturated carbocycles. The molecule has 21 heavy (non-hydrogen) atoms. The molecule has 116 valence electrons. The van der Waals surface area contributed by atoms with Crippen LogP contribution in [0.15, 0.2) is 0 Å². The van der Waals surface area contributed by atoms with Crippen molar-refractivity contribution in [3.05, 3.63) is 0 Å². The molecule has 2 aliphatic heterocycles. The molecule has 1 atom stereocenters. The van der Waals surface area contributed by atoms with Gasteiger partial charge in [0.15, 0.2) is 0 Å². The summed E-state index contributed by atoms with van der Waals surface area (Å²) in [7, 11) is 0. The van der Waals surface area contributed by atoms with Crippen molar-refractivity contribution in [1.82, 2.24) is 15.0 Å². The SMILES string of the molecule is NNc1nc(NCC2(O)CCOC2)nc(N2CCCC2)n1. The van der Waals surface area contributed by atoms with E-state index in [1.165, 1.54) is 0 Å². The van der Waals surface area contributed by atoms with E-state index in [9.17, 15) is 5.11 Å². The van der Waals surface area contributed by atoms with Crippen molar-refractivity contribution >= 4 is 17.8 Å². The Balaban J connectivity index is 1.72. The molecule has 0 spiro atoms. The molecule has 0 aliphatic carbocycles. The standard InChI is InChI=1S/C12H21N7O2/c13-18-10-15-9(14-7-12(20)3-6-21-8-12)16-11(17-10)19-4-1-2-5-19/h20H,1-8,13H2,(H2,14,15,16,17,18). The average Bonchev–Trinajstić information content (AvgIpc) is 3.17. The van der Waals surface area contributed by atoms with Gasteiger partial charge in [0.05, 0.1) is 6.61 Å². The minimum atomic E-state index is -0.864. The number of aliphatic hydroxyl groups is 1. The second-order valence-corrected chi connectivity index (χ2v) is 5.50. The Bertz CT molecular complexity index is 486. The Hall–Kier alpha value is -1.71. The maximum Gasteiger partial charge on any atom is 0.243 e. The van der Waals surface area contributed by atoms with E-state index in [1.807, 2.05) is 0 Å². The summed E-state index contributed by atoms with van der Waals surface area (Å²) in [6, 6.07) is 0. The van der Waals surface area contributed by atoms with E-state index in [2.05, 4.69) is 30.6 Å². The fourth-order valence-corrected chi connectivity index (χ4v) is 2.55. The molecule has 2 saturated heterocycles. The Morgan fingerprint density at radius 3 is 2.67 bits per heavy atom. The summed E-state index contributed by atoms with van der Waals surface area (Å²) in [5.74, 6) is 6.73. The molecule has 5 N–H and O–H groups in total. The van der Waals surface area contributed by atoms with Crippen LogP contribution in [0.2, 0.25) is 0 Å². The van der Waals surface area contributed by atoms with Gasteiger partial charge in [-0.1, -0.05) is 0 Å². The third-order valence-electron chi connectivity index (χ3n) is 3.80. The summed E-state index contributed by atoms with van der Waals surface area (Å²) in [5.41, 5.74) is 1.59. The number of hydrogen-bond donors (Lipinski definition) is 4. The largest absolute Gasteiger partial charge is 0.386 e. The van der Waals surface area contributed by atoms with Crippen molar-refractivity contribution in [2.45, 2.75) is 24.9 Å². The van der Waals surface area contributed by atoms with Crippen LogP contribution in [-0.2, 0) is 4.74 Å². The minimum absolute atomic E-state index is 0.309. The highest BCUT2D eigenvalue weighted by molar-refractivity contribution is 5.44. The smallest absolute Gasteiger partial charge is 0.243 e. The van der Waals surface area contributed by atoms with E-state index in [0.29, 0.717) is 44.0 Å². The summed E-state index contributed by atoms with van der Waals surface area (Å²) >= 11 is 0. The van der Waals surface area contributed by atoms with Gasteiger partial charge in [-0.3, -0.25) is 5.43 Å². The van der Waals surface area contributed by atoms with Gasteiger partial charge in [0.1, 0.15) is 5.60 Å². The molecule has 1 aromatic heterocycles. The van der Waals surface area contributed by atoms with Gasteiger partial charge in [0.25, 0.3) is 0 Å². The highest BCUT2D eigenvalue weighted by Crippen LogP contribution is 2.21. The van der Waals surface area contributed by atoms with Gasteiger partial charge in [-0.25, -0.2) is 5.84 Å². The predicted octanol–water partition coefficient (Wildman–Crippen LogP) is -0.679. The predicted molar refractivity (Wildman–Crippen MR) is 78.0 cm³/mol. The number of aromatic nitrogens is 3. The Labute approximate surface area is 122 Å². The van der Waals surface area contributed by atoms with E-state index >= 15 is 0 Å². The van der Waals surface area contributed by atoms with Gasteiger partial charge in [-0.15, -0.1) is 0 Å². The van der Waals surface area contributed by atoms with E-state index in [1.54, 1.807) is 0 Å². The van der Waals surface area contributed by atoms with Crippen molar-refractivity contribution in [1.29, 1.82) is 0 Å². The van der Waals surface area contributed by atoms with Crippen LogP contribution >= 0.6 is 0 Å². The van der Waals surface area contributed by atoms with Crippen molar-refractivity contribution in [2.24, 2.45) is 5.84 Å². The maximum atomic E-state index is 10.3. The van der Waals surface area contributed by atoms with Crippen LogP contribution in [0.5, 0.6) is 0 Å². The first-order chi connectivity index (χ1) is 10.2. The molecule has 0 radical (unpaired) electrons. The average molecular weight is 295 g/mol. The lowest BCUT2D eigenvalue weighted by atomic mass is 10.0. The van der Waals surface area contributed by atoms with Crippen molar-refractivity contribution in [3.63, 3.8) is 0 Å². The molecule has 9 heteroatoms. The number of hydrogen-bond acceptors (Lipinski definition) is 9. The lowest BCUT2D eigenvalue weighted by Crippen LogP contribution is -2.37. The van der Waals surface area contributed by atoms with Crippen molar-refractivity contribution < 1.29 is 9.84 Å². The van der Waals surface area contributed by atoms with Crippen LogP contribution in [0.1, 0.15) is 19.3 Å². The highest BCUT2D eigenvalue weighted by Gasteiger charge is 2.32. The lowest BCUT2D eigenvalue weighted by Gasteiger charge is -2.21. The Morgan fingerprint density at radius 1 is 1.24 bits per heavy atom. The summed E-state index contributed by atoms with van der Waals surface area (Å²) < 4.78 is 5.21. The molecule has 1 aromatic rings. The summed E-state index contributed by atoms with van der Waals surface area (Å²) in [6.45, 7) is 3.10. The molecular weight excluding hydrogens is 274 g/mol.